The van der Waals surface area contributed by atoms with Crippen molar-refractivity contribution in [3.8, 4) is 17.4 Å². The van der Waals surface area contributed by atoms with Crippen LogP contribution in [0.15, 0.2) is 42.6 Å². The molecule has 25 heavy (non-hydrogen) atoms. The van der Waals surface area contributed by atoms with E-state index in [0.29, 0.717) is 23.9 Å². The van der Waals surface area contributed by atoms with Gasteiger partial charge in [-0.25, -0.2) is 9.78 Å². The Labute approximate surface area is 148 Å². The predicted molar refractivity (Wildman–Crippen MR) is 97.5 cm³/mol. The Bertz CT molecular complexity index is 689. The highest BCUT2D eigenvalue weighted by molar-refractivity contribution is 5.90. The minimum Gasteiger partial charge on any atom is -0.497 e. The predicted octanol–water partition coefficient (Wildman–Crippen LogP) is 2.95. The van der Waals surface area contributed by atoms with E-state index in [1.807, 2.05) is 25.9 Å². The van der Waals surface area contributed by atoms with E-state index < -0.39 is 0 Å². The third kappa shape index (κ3) is 5.65. The summed E-state index contributed by atoms with van der Waals surface area (Å²) in [7, 11) is 5.53. The van der Waals surface area contributed by atoms with E-state index in [2.05, 4.69) is 15.6 Å². The number of pyridine rings is 1. The van der Waals surface area contributed by atoms with Gasteiger partial charge in [0, 0.05) is 18.8 Å². The van der Waals surface area contributed by atoms with Gasteiger partial charge in [-0.05, 0) is 57.4 Å². The van der Waals surface area contributed by atoms with Crippen LogP contribution in [-0.4, -0.2) is 49.7 Å². The number of ether oxygens (including phenoxy) is 2. The summed E-state index contributed by atoms with van der Waals surface area (Å²) in [6.07, 6.45) is 1.61. The number of nitrogens with zero attached hydrogens (tertiary/aromatic N) is 2. The minimum absolute atomic E-state index is 0.231. The summed E-state index contributed by atoms with van der Waals surface area (Å²) in [4.78, 5) is 18.3. The number of likely N-dealkylation sites (N-methyl/N-ethyl adjacent to an activating group) is 1. The van der Waals surface area contributed by atoms with Crippen LogP contribution in [-0.2, 0) is 0 Å². The molecule has 1 atom stereocenters. The minimum atomic E-state index is -0.304. The highest BCUT2D eigenvalue weighted by atomic mass is 16.5. The molecule has 7 heteroatoms. The van der Waals surface area contributed by atoms with Crippen LogP contribution in [0.3, 0.4) is 0 Å². The SMILES string of the molecule is COc1ccc(Oc2ncccc2NC(=O)NC[C@H](C)N(C)C)cc1. The number of amides is 2. The molecule has 0 unspecified atom stereocenters. The van der Waals surface area contributed by atoms with E-state index in [0.717, 1.165) is 5.75 Å². The van der Waals surface area contributed by atoms with Gasteiger partial charge >= 0.3 is 6.03 Å². The zero-order valence-electron chi connectivity index (χ0n) is 14.9. The zero-order chi connectivity index (χ0) is 18.2. The number of anilines is 1. The van der Waals surface area contributed by atoms with Gasteiger partial charge in [-0.3, -0.25) is 0 Å². The summed E-state index contributed by atoms with van der Waals surface area (Å²) in [5, 5.41) is 5.59. The van der Waals surface area contributed by atoms with E-state index in [9.17, 15) is 4.79 Å². The summed E-state index contributed by atoms with van der Waals surface area (Å²) >= 11 is 0. The van der Waals surface area contributed by atoms with Crippen molar-refractivity contribution in [3.05, 3.63) is 42.6 Å². The van der Waals surface area contributed by atoms with E-state index in [1.54, 1.807) is 49.7 Å². The van der Waals surface area contributed by atoms with Crippen LogP contribution >= 0.6 is 0 Å². The van der Waals surface area contributed by atoms with E-state index in [4.69, 9.17) is 9.47 Å². The van der Waals surface area contributed by atoms with Crippen LogP contribution in [0.1, 0.15) is 6.92 Å². The summed E-state index contributed by atoms with van der Waals surface area (Å²) in [6, 6.07) is 10.5. The van der Waals surface area contributed by atoms with Crippen LogP contribution in [0.2, 0.25) is 0 Å². The average molecular weight is 344 g/mol. The molecule has 1 heterocycles. The monoisotopic (exact) mass is 344 g/mol. The number of hydrogen-bond acceptors (Lipinski definition) is 5. The lowest BCUT2D eigenvalue weighted by Gasteiger charge is -2.20. The summed E-state index contributed by atoms with van der Waals surface area (Å²) in [6.45, 7) is 2.57. The number of carbonyl (C=O) groups excluding carboxylic acids is 1. The summed E-state index contributed by atoms with van der Waals surface area (Å²) in [5.41, 5.74) is 0.494. The molecule has 2 aromatic rings. The molecule has 2 N–H and O–H groups in total. The maximum atomic E-state index is 12.1. The highest BCUT2D eigenvalue weighted by Gasteiger charge is 2.11. The maximum absolute atomic E-state index is 12.1. The first-order valence-electron chi connectivity index (χ1n) is 7.98. The first kappa shape index (κ1) is 18.5. The molecule has 0 saturated carbocycles. The number of nitrogens with one attached hydrogen (secondary N) is 2. The number of urea groups is 1. The van der Waals surface area contributed by atoms with Gasteiger partial charge in [0.2, 0.25) is 5.88 Å². The number of hydrogen-bond donors (Lipinski definition) is 2. The van der Waals surface area contributed by atoms with Crippen molar-refractivity contribution in [3.63, 3.8) is 0 Å². The van der Waals surface area contributed by atoms with Gasteiger partial charge in [0.15, 0.2) is 0 Å². The number of benzene rings is 1. The van der Waals surface area contributed by atoms with Crippen LogP contribution < -0.4 is 20.1 Å². The molecule has 1 aromatic heterocycles. The second-order valence-electron chi connectivity index (χ2n) is 5.78. The van der Waals surface area contributed by atoms with Crippen molar-refractivity contribution in [1.82, 2.24) is 15.2 Å². The lowest BCUT2D eigenvalue weighted by atomic mass is 10.3. The first-order chi connectivity index (χ1) is 12.0. The standard InChI is InChI=1S/C18H24N4O3/c1-13(22(2)3)12-20-18(23)21-16-6-5-11-19-17(16)25-15-9-7-14(24-4)8-10-15/h5-11,13H,12H2,1-4H3,(H2,20,21,23)/t13-/m0/s1. The largest absolute Gasteiger partial charge is 0.497 e. The molecule has 0 spiro atoms. The Hall–Kier alpha value is -2.80. The fraction of sp³-hybridized carbons (Fsp3) is 0.333. The van der Waals surface area contributed by atoms with Gasteiger partial charge in [-0.2, -0.15) is 0 Å². The van der Waals surface area contributed by atoms with Crippen molar-refractivity contribution in [2.24, 2.45) is 0 Å². The molecule has 0 radical (unpaired) electrons. The van der Waals surface area contributed by atoms with Crippen molar-refractivity contribution >= 4 is 11.7 Å². The molecular formula is C18H24N4O3. The van der Waals surface area contributed by atoms with Gasteiger partial charge in [0.05, 0.1) is 7.11 Å². The second-order valence-corrected chi connectivity index (χ2v) is 5.78. The van der Waals surface area contributed by atoms with E-state index in [1.165, 1.54) is 0 Å². The van der Waals surface area contributed by atoms with Gasteiger partial charge in [0.1, 0.15) is 17.2 Å². The quantitative estimate of drug-likeness (QED) is 0.808. The first-order valence-corrected chi connectivity index (χ1v) is 7.98. The molecule has 0 fully saturated rings. The third-order valence-corrected chi connectivity index (χ3v) is 3.73. The molecule has 2 rings (SSSR count). The smallest absolute Gasteiger partial charge is 0.319 e. The Balaban J connectivity index is 2.00. The number of carbonyl (C=O) groups is 1. The van der Waals surface area contributed by atoms with Crippen molar-refractivity contribution < 1.29 is 14.3 Å². The van der Waals surface area contributed by atoms with Gasteiger partial charge in [-0.1, -0.05) is 0 Å². The molecule has 0 saturated heterocycles. The average Bonchev–Trinajstić information content (AvgIpc) is 2.62. The van der Waals surface area contributed by atoms with Crippen LogP contribution in [0.25, 0.3) is 0 Å². The molecule has 1 aromatic carbocycles. The number of aromatic nitrogens is 1. The molecule has 0 aliphatic carbocycles. The fourth-order valence-corrected chi connectivity index (χ4v) is 1.91. The highest BCUT2D eigenvalue weighted by Crippen LogP contribution is 2.27. The topological polar surface area (TPSA) is 75.7 Å². The Morgan fingerprint density at radius 1 is 1.20 bits per heavy atom. The van der Waals surface area contributed by atoms with Crippen molar-refractivity contribution in [1.29, 1.82) is 0 Å². The van der Waals surface area contributed by atoms with Crippen molar-refractivity contribution in [2.45, 2.75) is 13.0 Å². The molecule has 0 aliphatic heterocycles. The molecule has 0 aliphatic rings. The van der Waals surface area contributed by atoms with Gasteiger partial charge in [-0.15, -0.1) is 0 Å². The molecular weight excluding hydrogens is 320 g/mol. The van der Waals surface area contributed by atoms with Crippen LogP contribution in [0.5, 0.6) is 17.4 Å². The normalized spacial score (nSPS) is 11.7. The summed E-state index contributed by atoms with van der Waals surface area (Å²) < 4.78 is 10.9. The Kier molecular flexibility index (Phi) is 6.59. The molecule has 134 valence electrons. The lowest BCUT2D eigenvalue weighted by Crippen LogP contribution is -2.40. The van der Waals surface area contributed by atoms with E-state index >= 15 is 0 Å². The molecule has 7 nitrogen and oxygen atoms in total. The van der Waals surface area contributed by atoms with Crippen LogP contribution in [0, 0.1) is 0 Å². The number of rotatable bonds is 7. The van der Waals surface area contributed by atoms with E-state index in [-0.39, 0.29) is 12.1 Å². The maximum Gasteiger partial charge on any atom is 0.319 e. The second kappa shape index (κ2) is 8.89. The number of methoxy groups -OCH3 is 1. The lowest BCUT2D eigenvalue weighted by molar-refractivity contribution is 0.245. The molecule has 2 amide bonds. The van der Waals surface area contributed by atoms with Gasteiger partial charge in [0.25, 0.3) is 0 Å². The van der Waals surface area contributed by atoms with Crippen molar-refractivity contribution in [2.75, 3.05) is 33.1 Å². The molecule has 0 bridgehead atoms. The van der Waals surface area contributed by atoms with Crippen LogP contribution in [0.4, 0.5) is 10.5 Å². The zero-order valence-corrected chi connectivity index (χ0v) is 14.9. The Morgan fingerprint density at radius 3 is 2.52 bits per heavy atom. The fourth-order valence-electron chi connectivity index (χ4n) is 1.91. The van der Waals surface area contributed by atoms with Gasteiger partial charge < -0.3 is 25.0 Å². The summed E-state index contributed by atoms with van der Waals surface area (Å²) in [5.74, 6) is 1.66. The Morgan fingerprint density at radius 2 is 1.88 bits per heavy atom. The third-order valence-electron chi connectivity index (χ3n) is 3.73.